The van der Waals surface area contributed by atoms with Crippen LogP contribution in [-0.4, -0.2) is 55.6 Å². The molecule has 1 aliphatic heterocycles. The van der Waals surface area contributed by atoms with E-state index in [1.54, 1.807) is 36.4 Å². The Kier molecular flexibility index (Phi) is 5.60. The number of anilines is 1. The van der Waals surface area contributed by atoms with Crippen molar-refractivity contribution < 1.29 is 9.13 Å². The third kappa shape index (κ3) is 3.71. The highest BCUT2D eigenvalue weighted by Gasteiger charge is 2.26. The molecule has 0 bridgehead atoms. The summed E-state index contributed by atoms with van der Waals surface area (Å²) in [4.78, 5) is 25.4. The van der Waals surface area contributed by atoms with E-state index in [-0.39, 0.29) is 11.2 Å². The van der Waals surface area contributed by atoms with E-state index in [4.69, 9.17) is 0 Å². The molecule has 1 aromatic heterocycles. The minimum Gasteiger partial charge on any atom is -0.363 e. The largest absolute Gasteiger partial charge is 0.363 e. The number of nitro benzene ring substituents is 1. The lowest BCUT2D eigenvalue weighted by Gasteiger charge is -2.34. The first-order chi connectivity index (χ1) is 14.5. The summed E-state index contributed by atoms with van der Waals surface area (Å²) in [5, 5.41) is 19.6. The topological polar surface area (TPSA) is 112 Å². The van der Waals surface area contributed by atoms with E-state index in [9.17, 15) is 19.1 Å². The molecular formula is C20H21N5O4S. The van der Waals surface area contributed by atoms with Crippen molar-refractivity contribution in [2.24, 2.45) is 0 Å². The molecule has 2 heterocycles. The van der Waals surface area contributed by atoms with Crippen LogP contribution in [0.15, 0.2) is 47.3 Å². The van der Waals surface area contributed by atoms with Gasteiger partial charge in [0.25, 0.3) is 11.2 Å². The molecule has 1 saturated heterocycles. The molecule has 30 heavy (non-hydrogen) atoms. The van der Waals surface area contributed by atoms with Crippen molar-refractivity contribution in [2.45, 2.75) is 6.92 Å². The lowest BCUT2D eigenvalue weighted by Crippen LogP contribution is -2.47. The van der Waals surface area contributed by atoms with Crippen LogP contribution in [0.4, 0.5) is 11.4 Å². The van der Waals surface area contributed by atoms with Gasteiger partial charge in [0.2, 0.25) is 0 Å². The SMILES string of the molecule is CCS(=O)N1CCN(c2ccc(-c3n[nH]c(=O)c4ccccc34)cc2[N+](=O)[O-])CC1. The van der Waals surface area contributed by atoms with Gasteiger partial charge in [-0.15, -0.1) is 0 Å². The Morgan fingerprint density at radius 1 is 1.13 bits per heavy atom. The number of nitrogens with one attached hydrogen (secondary N) is 1. The highest BCUT2D eigenvalue weighted by atomic mass is 32.2. The summed E-state index contributed by atoms with van der Waals surface area (Å²) in [6.45, 7) is 4.18. The molecule has 2 aromatic carbocycles. The number of nitrogens with zero attached hydrogens (tertiary/aromatic N) is 4. The van der Waals surface area contributed by atoms with Gasteiger partial charge in [0, 0.05) is 48.9 Å². The highest BCUT2D eigenvalue weighted by Crippen LogP contribution is 2.34. The number of rotatable bonds is 5. The zero-order chi connectivity index (χ0) is 21.3. The first kappa shape index (κ1) is 20.2. The van der Waals surface area contributed by atoms with E-state index >= 15 is 0 Å². The number of H-pyrrole nitrogens is 1. The maximum absolute atomic E-state index is 12.0. The maximum atomic E-state index is 12.0. The second-order valence-corrected chi connectivity index (χ2v) is 8.67. The van der Waals surface area contributed by atoms with Crippen molar-refractivity contribution in [1.82, 2.24) is 14.5 Å². The van der Waals surface area contributed by atoms with Crippen LogP contribution in [0.25, 0.3) is 22.0 Å². The number of hydrogen-bond donors (Lipinski definition) is 1. The Labute approximate surface area is 175 Å². The van der Waals surface area contributed by atoms with E-state index in [0.717, 1.165) is 0 Å². The number of hydrogen-bond acceptors (Lipinski definition) is 6. The van der Waals surface area contributed by atoms with Gasteiger partial charge in [0.1, 0.15) is 5.69 Å². The van der Waals surface area contributed by atoms with Crippen LogP contribution in [0.5, 0.6) is 0 Å². The second-order valence-electron chi connectivity index (χ2n) is 6.93. The van der Waals surface area contributed by atoms with Gasteiger partial charge in [-0.2, -0.15) is 5.10 Å². The third-order valence-corrected chi connectivity index (χ3v) is 6.69. The van der Waals surface area contributed by atoms with E-state index in [1.165, 1.54) is 6.07 Å². The van der Waals surface area contributed by atoms with Crippen LogP contribution in [0, 0.1) is 10.1 Å². The Bertz CT molecular complexity index is 1190. The number of piperazine rings is 1. The summed E-state index contributed by atoms with van der Waals surface area (Å²) in [7, 11) is -1.01. The number of aromatic amines is 1. The molecule has 0 spiro atoms. The average molecular weight is 427 g/mol. The molecule has 0 amide bonds. The molecule has 1 atom stereocenters. The molecule has 156 valence electrons. The van der Waals surface area contributed by atoms with Crippen LogP contribution in [-0.2, 0) is 11.0 Å². The highest BCUT2D eigenvalue weighted by molar-refractivity contribution is 7.82. The van der Waals surface area contributed by atoms with E-state index in [2.05, 4.69) is 10.2 Å². The molecule has 9 nitrogen and oxygen atoms in total. The summed E-state index contributed by atoms with van der Waals surface area (Å²) in [5.41, 5.74) is 1.25. The van der Waals surface area contributed by atoms with Gasteiger partial charge in [-0.3, -0.25) is 14.9 Å². The minimum atomic E-state index is -1.01. The molecule has 0 radical (unpaired) electrons. The Morgan fingerprint density at radius 2 is 1.83 bits per heavy atom. The molecule has 1 fully saturated rings. The fraction of sp³-hybridized carbons (Fsp3) is 0.300. The van der Waals surface area contributed by atoms with Gasteiger partial charge < -0.3 is 4.90 Å². The molecule has 10 heteroatoms. The summed E-state index contributed by atoms with van der Waals surface area (Å²) < 4.78 is 13.9. The van der Waals surface area contributed by atoms with E-state index in [0.29, 0.717) is 59.6 Å². The van der Waals surface area contributed by atoms with Crippen molar-refractivity contribution >= 4 is 33.1 Å². The molecule has 1 aliphatic rings. The lowest BCUT2D eigenvalue weighted by atomic mass is 10.0. The first-order valence-electron chi connectivity index (χ1n) is 9.64. The molecule has 0 aliphatic carbocycles. The number of aromatic nitrogens is 2. The number of benzene rings is 2. The van der Waals surface area contributed by atoms with Gasteiger partial charge in [-0.25, -0.2) is 13.6 Å². The van der Waals surface area contributed by atoms with Gasteiger partial charge in [-0.1, -0.05) is 31.2 Å². The van der Waals surface area contributed by atoms with Crippen LogP contribution >= 0.6 is 0 Å². The maximum Gasteiger partial charge on any atom is 0.293 e. The fourth-order valence-electron chi connectivity index (χ4n) is 3.73. The van der Waals surface area contributed by atoms with Crippen molar-refractivity contribution in [1.29, 1.82) is 0 Å². The zero-order valence-corrected chi connectivity index (χ0v) is 17.2. The molecule has 1 N–H and O–H groups in total. The third-order valence-electron chi connectivity index (χ3n) is 5.26. The van der Waals surface area contributed by atoms with E-state index in [1.807, 2.05) is 16.1 Å². The molecule has 1 unspecified atom stereocenters. The second kappa shape index (κ2) is 8.33. The normalized spacial score (nSPS) is 16.0. The lowest BCUT2D eigenvalue weighted by molar-refractivity contribution is -0.384. The predicted molar refractivity (Wildman–Crippen MR) is 117 cm³/mol. The minimum absolute atomic E-state index is 0.0188. The Balaban J connectivity index is 1.71. The zero-order valence-electron chi connectivity index (χ0n) is 16.4. The van der Waals surface area contributed by atoms with Crippen LogP contribution in [0.3, 0.4) is 0 Å². The van der Waals surface area contributed by atoms with Crippen LogP contribution in [0.1, 0.15) is 6.92 Å². The summed E-state index contributed by atoms with van der Waals surface area (Å²) in [6.07, 6.45) is 0. The standard InChI is InChI=1S/C20H21N5O4S/c1-2-30(29)24-11-9-23(10-12-24)17-8-7-14(13-18(17)25(27)28)19-15-5-3-4-6-16(15)20(26)22-21-19/h3-8,13H,2,9-12H2,1H3,(H,22,26). The number of fused-ring (bicyclic) bond motifs is 1. The van der Waals surface area contributed by atoms with Crippen molar-refractivity contribution in [3.63, 3.8) is 0 Å². The fourth-order valence-corrected chi connectivity index (χ4v) is 4.67. The average Bonchev–Trinajstić information content (AvgIpc) is 2.79. The summed E-state index contributed by atoms with van der Waals surface area (Å²) in [5.74, 6) is 0.564. The van der Waals surface area contributed by atoms with Crippen molar-refractivity contribution in [3.8, 4) is 11.3 Å². The quantitative estimate of drug-likeness (QED) is 0.494. The van der Waals surface area contributed by atoms with Gasteiger partial charge >= 0.3 is 0 Å². The Hall–Kier alpha value is -3.11. The number of nitro groups is 1. The van der Waals surface area contributed by atoms with E-state index < -0.39 is 15.9 Å². The van der Waals surface area contributed by atoms with Crippen LogP contribution < -0.4 is 10.5 Å². The summed E-state index contributed by atoms with van der Waals surface area (Å²) >= 11 is 0. The molecule has 4 rings (SSSR count). The predicted octanol–water partition coefficient (Wildman–Crippen LogP) is 2.30. The molecular weight excluding hydrogens is 406 g/mol. The molecule has 0 saturated carbocycles. The van der Waals surface area contributed by atoms with Crippen molar-refractivity contribution in [2.75, 3.05) is 36.8 Å². The first-order valence-corrected chi connectivity index (χ1v) is 10.9. The van der Waals surface area contributed by atoms with Crippen LogP contribution in [0.2, 0.25) is 0 Å². The van der Waals surface area contributed by atoms with Crippen molar-refractivity contribution in [3.05, 3.63) is 62.9 Å². The molecule has 3 aromatic rings. The summed E-state index contributed by atoms with van der Waals surface area (Å²) in [6, 6.07) is 12.0. The van der Waals surface area contributed by atoms with Gasteiger partial charge in [0.05, 0.1) is 27.0 Å². The monoisotopic (exact) mass is 427 g/mol. The smallest absolute Gasteiger partial charge is 0.293 e. The van der Waals surface area contributed by atoms with Gasteiger partial charge in [-0.05, 0) is 12.1 Å². The van der Waals surface area contributed by atoms with Gasteiger partial charge in [0.15, 0.2) is 0 Å². The Morgan fingerprint density at radius 3 is 2.50 bits per heavy atom.